The minimum atomic E-state index is -3.73. The Morgan fingerprint density at radius 3 is 2.80 bits per heavy atom. The summed E-state index contributed by atoms with van der Waals surface area (Å²) in [5.41, 5.74) is 1.33. The van der Waals surface area contributed by atoms with Crippen LogP contribution in [0.2, 0.25) is 0 Å². The zero-order chi connectivity index (χ0) is 14.8. The number of aromatic amines is 1. The predicted molar refractivity (Wildman–Crippen MR) is 74.9 cm³/mol. The van der Waals surface area contributed by atoms with Crippen molar-refractivity contribution >= 4 is 21.4 Å². The Morgan fingerprint density at radius 2 is 2.20 bits per heavy atom. The largest absolute Gasteiger partial charge is 0.315 e. The van der Waals surface area contributed by atoms with Gasteiger partial charge in [0.1, 0.15) is 0 Å². The highest BCUT2D eigenvalue weighted by Gasteiger charge is 2.17. The smallest absolute Gasteiger partial charge is 0.304 e. The molecule has 0 atom stereocenters. The monoisotopic (exact) mass is 309 g/mol. The van der Waals surface area contributed by atoms with Gasteiger partial charge >= 0.3 is 4.87 Å². The minimum absolute atomic E-state index is 0.00268. The van der Waals surface area contributed by atoms with E-state index in [1.165, 1.54) is 6.07 Å². The second-order valence-electron chi connectivity index (χ2n) is 4.09. The van der Waals surface area contributed by atoms with Gasteiger partial charge in [0.2, 0.25) is 10.0 Å². The molecule has 1 aromatic heterocycles. The lowest BCUT2D eigenvalue weighted by molar-refractivity contribution is 0.580. The molecule has 1 heterocycles. The summed E-state index contributed by atoms with van der Waals surface area (Å²) in [5, 5.41) is 10.4. The number of H-pyrrole nitrogens is 1. The van der Waals surface area contributed by atoms with Gasteiger partial charge in [0.05, 0.1) is 23.1 Å². The van der Waals surface area contributed by atoms with E-state index in [9.17, 15) is 13.2 Å². The van der Waals surface area contributed by atoms with Gasteiger partial charge in [0, 0.05) is 11.1 Å². The predicted octanol–water partition coefficient (Wildman–Crippen LogP) is 1.09. The number of sulfonamides is 1. The molecule has 2 N–H and O–H groups in total. The summed E-state index contributed by atoms with van der Waals surface area (Å²) in [6.07, 6.45) is 0. The van der Waals surface area contributed by atoms with Crippen molar-refractivity contribution in [2.24, 2.45) is 0 Å². The molecule has 0 aliphatic heterocycles. The Balaban J connectivity index is 2.26. The summed E-state index contributed by atoms with van der Waals surface area (Å²) >= 11 is 0.971. The van der Waals surface area contributed by atoms with Crippen LogP contribution >= 0.6 is 11.3 Å². The Bertz CT molecular complexity index is 828. The van der Waals surface area contributed by atoms with Gasteiger partial charge in [-0.2, -0.15) is 5.26 Å². The van der Waals surface area contributed by atoms with Gasteiger partial charge in [-0.25, -0.2) is 13.1 Å². The lowest BCUT2D eigenvalue weighted by atomic mass is 10.2. The first kappa shape index (κ1) is 14.5. The van der Waals surface area contributed by atoms with Crippen molar-refractivity contribution in [3.05, 3.63) is 50.1 Å². The maximum Gasteiger partial charge on any atom is 0.304 e. The summed E-state index contributed by atoms with van der Waals surface area (Å²) in [4.78, 5) is 13.3. The third kappa shape index (κ3) is 3.14. The molecule has 8 heteroatoms. The van der Waals surface area contributed by atoms with Crippen LogP contribution in [0.1, 0.15) is 16.8 Å². The van der Waals surface area contributed by atoms with E-state index in [4.69, 9.17) is 5.26 Å². The van der Waals surface area contributed by atoms with Crippen LogP contribution in [0.4, 0.5) is 0 Å². The fourth-order valence-electron chi connectivity index (χ4n) is 1.61. The fraction of sp³-hybridized carbons (Fsp3) is 0.167. The molecule has 0 unspecified atom stereocenters. The SMILES string of the molecule is Cc1ccc(C#N)cc1S(=O)(=O)NCc1csc(=O)[nH]1. The van der Waals surface area contributed by atoms with Gasteiger partial charge in [0.25, 0.3) is 0 Å². The van der Waals surface area contributed by atoms with Crippen molar-refractivity contribution < 1.29 is 8.42 Å². The van der Waals surface area contributed by atoms with Crippen molar-refractivity contribution in [1.29, 1.82) is 5.26 Å². The van der Waals surface area contributed by atoms with E-state index in [1.54, 1.807) is 24.4 Å². The second kappa shape index (κ2) is 5.58. The van der Waals surface area contributed by atoms with E-state index >= 15 is 0 Å². The van der Waals surface area contributed by atoms with Gasteiger partial charge in [-0.1, -0.05) is 17.4 Å². The molecule has 6 nitrogen and oxygen atoms in total. The van der Waals surface area contributed by atoms with Crippen molar-refractivity contribution in [1.82, 2.24) is 9.71 Å². The van der Waals surface area contributed by atoms with Gasteiger partial charge in [0.15, 0.2) is 0 Å². The highest BCUT2D eigenvalue weighted by molar-refractivity contribution is 7.89. The zero-order valence-electron chi connectivity index (χ0n) is 10.5. The molecular weight excluding hydrogens is 298 g/mol. The van der Waals surface area contributed by atoms with Gasteiger partial charge < -0.3 is 4.98 Å². The first-order valence-electron chi connectivity index (χ1n) is 5.59. The van der Waals surface area contributed by atoms with Crippen LogP contribution in [0.3, 0.4) is 0 Å². The number of aromatic nitrogens is 1. The number of nitriles is 1. The quantitative estimate of drug-likeness (QED) is 0.882. The average Bonchev–Trinajstić information content (AvgIpc) is 2.83. The first-order valence-corrected chi connectivity index (χ1v) is 7.96. The molecule has 1 aromatic carbocycles. The molecule has 20 heavy (non-hydrogen) atoms. The van der Waals surface area contributed by atoms with Crippen LogP contribution < -0.4 is 9.60 Å². The Labute approximate surface area is 119 Å². The summed E-state index contributed by atoms with van der Waals surface area (Å²) in [5.74, 6) is 0. The average molecular weight is 309 g/mol. The zero-order valence-corrected chi connectivity index (χ0v) is 12.1. The molecule has 0 amide bonds. The molecule has 104 valence electrons. The molecule has 2 aromatic rings. The summed E-state index contributed by atoms with van der Waals surface area (Å²) in [6.45, 7) is 1.65. The van der Waals surface area contributed by atoms with Crippen LogP contribution in [-0.2, 0) is 16.6 Å². The number of thiazole rings is 1. The van der Waals surface area contributed by atoms with Gasteiger partial charge in [-0.15, -0.1) is 0 Å². The number of hydrogen-bond donors (Lipinski definition) is 2. The highest BCUT2D eigenvalue weighted by Crippen LogP contribution is 2.16. The molecule has 0 aliphatic carbocycles. The first-order chi connectivity index (χ1) is 9.42. The van der Waals surface area contributed by atoms with Crippen LogP contribution in [0, 0.1) is 18.3 Å². The molecule has 0 fully saturated rings. The topological polar surface area (TPSA) is 103 Å². The number of benzene rings is 1. The van der Waals surface area contributed by atoms with E-state index in [-0.39, 0.29) is 21.9 Å². The van der Waals surface area contributed by atoms with Crippen LogP contribution in [0.15, 0.2) is 33.3 Å². The van der Waals surface area contributed by atoms with Crippen molar-refractivity contribution in [3.63, 3.8) is 0 Å². The number of aryl methyl sites for hydroxylation is 1. The van der Waals surface area contributed by atoms with E-state index in [0.717, 1.165) is 11.3 Å². The van der Waals surface area contributed by atoms with Crippen LogP contribution in [-0.4, -0.2) is 13.4 Å². The number of nitrogens with zero attached hydrogens (tertiary/aromatic N) is 1. The van der Waals surface area contributed by atoms with E-state index < -0.39 is 10.0 Å². The molecule has 0 radical (unpaired) electrons. The standard InChI is InChI=1S/C12H11N3O3S2/c1-8-2-3-9(5-13)4-11(8)20(17,18)14-6-10-7-19-12(16)15-10/h2-4,7,14H,6H2,1H3,(H,15,16). The lowest BCUT2D eigenvalue weighted by Gasteiger charge is -2.08. The summed E-state index contributed by atoms with van der Waals surface area (Å²) in [6, 6.07) is 6.38. The Hall–Kier alpha value is -1.95. The molecule has 0 aliphatic rings. The maximum absolute atomic E-state index is 12.2. The molecule has 0 saturated heterocycles. The fourth-order valence-corrected chi connectivity index (χ4v) is 3.47. The van der Waals surface area contributed by atoms with E-state index in [0.29, 0.717) is 11.3 Å². The van der Waals surface area contributed by atoms with Gasteiger partial charge in [-0.3, -0.25) is 4.79 Å². The molecule has 0 saturated carbocycles. The molecule has 0 spiro atoms. The highest BCUT2D eigenvalue weighted by atomic mass is 32.2. The van der Waals surface area contributed by atoms with Crippen LogP contribution in [0.5, 0.6) is 0 Å². The summed E-state index contributed by atoms with van der Waals surface area (Å²) < 4.78 is 26.8. The molecule has 0 bridgehead atoms. The van der Waals surface area contributed by atoms with E-state index in [1.807, 2.05) is 6.07 Å². The van der Waals surface area contributed by atoms with Crippen molar-refractivity contribution in [2.75, 3.05) is 0 Å². The van der Waals surface area contributed by atoms with Gasteiger partial charge in [-0.05, 0) is 24.6 Å². The van der Waals surface area contributed by atoms with Crippen molar-refractivity contribution in [2.45, 2.75) is 18.4 Å². The van der Waals surface area contributed by atoms with Crippen LogP contribution in [0.25, 0.3) is 0 Å². The number of hydrogen-bond acceptors (Lipinski definition) is 5. The molecule has 2 rings (SSSR count). The third-order valence-electron chi connectivity index (χ3n) is 2.63. The van der Waals surface area contributed by atoms with Crippen molar-refractivity contribution in [3.8, 4) is 6.07 Å². The third-order valence-corrected chi connectivity index (χ3v) is 4.89. The lowest BCUT2D eigenvalue weighted by Crippen LogP contribution is -2.24. The van der Waals surface area contributed by atoms with E-state index in [2.05, 4.69) is 9.71 Å². The summed E-state index contributed by atoms with van der Waals surface area (Å²) in [7, 11) is -3.73. The Morgan fingerprint density at radius 1 is 1.45 bits per heavy atom. The number of rotatable bonds is 4. The number of nitrogens with one attached hydrogen (secondary N) is 2. The Kier molecular flexibility index (Phi) is 4.04. The second-order valence-corrected chi connectivity index (χ2v) is 6.67. The molecular formula is C12H11N3O3S2. The normalized spacial score (nSPS) is 11.2. The maximum atomic E-state index is 12.2. The minimum Gasteiger partial charge on any atom is -0.315 e.